The highest BCUT2D eigenvalue weighted by Crippen LogP contribution is 2.31. The highest BCUT2D eigenvalue weighted by molar-refractivity contribution is 5.95. The second kappa shape index (κ2) is 7.38. The summed E-state index contributed by atoms with van der Waals surface area (Å²) < 4.78 is 2.03. The summed E-state index contributed by atoms with van der Waals surface area (Å²) in [6, 6.07) is 6.14. The third-order valence-electron chi connectivity index (χ3n) is 4.90. The first kappa shape index (κ1) is 18.1. The van der Waals surface area contributed by atoms with E-state index in [1.165, 1.54) is 12.5 Å². The van der Waals surface area contributed by atoms with Crippen LogP contribution in [0.4, 0.5) is 5.82 Å². The highest BCUT2D eigenvalue weighted by atomic mass is 16.1. The SMILES string of the molecule is CCCCc1cc(C)c(-c2cc3cnc(NC(C)=O)cc3n3ccnc23)cn1. The average Bonchev–Trinajstić information content (AvgIpc) is 3.16. The minimum absolute atomic E-state index is 0.143. The molecule has 0 unspecified atom stereocenters. The Bertz CT molecular complexity index is 1180. The number of carbonyl (C=O) groups is 1. The molecule has 28 heavy (non-hydrogen) atoms. The molecule has 0 bridgehead atoms. The number of imidazole rings is 1. The van der Waals surface area contributed by atoms with Gasteiger partial charge in [-0.05, 0) is 37.5 Å². The normalized spacial score (nSPS) is 11.2. The molecule has 4 rings (SSSR count). The maximum atomic E-state index is 11.4. The molecule has 0 atom stereocenters. The number of hydrogen-bond acceptors (Lipinski definition) is 4. The molecule has 0 radical (unpaired) electrons. The molecule has 0 aliphatic carbocycles. The van der Waals surface area contributed by atoms with E-state index < -0.39 is 0 Å². The zero-order chi connectivity index (χ0) is 19.7. The Labute approximate surface area is 163 Å². The van der Waals surface area contributed by atoms with E-state index in [1.54, 1.807) is 12.4 Å². The zero-order valence-electron chi connectivity index (χ0n) is 16.4. The maximum absolute atomic E-state index is 11.4. The summed E-state index contributed by atoms with van der Waals surface area (Å²) in [5.74, 6) is 0.385. The second-order valence-electron chi connectivity index (χ2n) is 7.08. The Hall–Kier alpha value is -3.28. The molecular weight excluding hydrogens is 350 g/mol. The lowest BCUT2D eigenvalue weighted by Crippen LogP contribution is -2.07. The van der Waals surface area contributed by atoms with Gasteiger partial charge in [-0.2, -0.15) is 0 Å². The molecule has 0 aliphatic rings. The van der Waals surface area contributed by atoms with E-state index in [4.69, 9.17) is 0 Å². The molecule has 4 aromatic heterocycles. The van der Waals surface area contributed by atoms with Gasteiger partial charge in [0.05, 0.1) is 5.52 Å². The van der Waals surface area contributed by atoms with E-state index in [1.807, 2.05) is 22.9 Å². The molecule has 6 nitrogen and oxygen atoms in total. The van der Waals surface area contributed by atoms with Crippen molar-refractivity contribution < 1.29 is 4.79 Å². The predicted molar refractivity (Wildman–Crippen MR) is 111 cm³/mol. The molecule has 0 aromatic carbocycles. The fraction of sp³-hybridized carbons (Fsp3) is 0.273. The van der Waals surface area contributed by atoms with Gasteiger partial charge in [0.15, 0.2) is 0 Å². The Morgan fingerprint density at radius 1 is 1.11 bits per heavy atom. The van der Waals surface area contributed by atoms with E-state index >= 15 is 0 Å². The number of pyridine rings is 3. The summed E-state index contributed by atoms with van der Waals surface area (Å²) in [6.45, 7) is 5.78. The molecule has 6 heteroatoms. The zero-order valence-corrected chi connectivity index (χ0v) is 16.4. The fourth-order valence-corrected chi connectivity index (χ4v) is 3.53. The molecule has 0 spiro atoms. The van der Waals surface area contributed by atoms with Crippen LogP contribution in [0, 0.1) is 6.92 Å². The number of aromatic nitrogens is 4. The second-order valence-corrected chi connectivity index (χ2v) is 7.08. The summed E-state index contributed by atoms with van der Waals surface area (Å²) >= 11 is 0. The van der Waals surface area contributed by atoms with Gasteiger partial charge >= 0.3 is 0 Å². The van der Waals surface area contributed by atoms with Crippen LogP contribution in [-0.2, 0) is 11.2 Å². The van der Waals surface area contributed by atoms with Crippen molar-refractivity contribution in [2.24, 2.45) is 0 Å². The Morgan fingerprint density at radius 2 is 1.96 bits per heavy atom. The first-order valence-electron chi connectivity index (χ1n) is 9.56. The van der Waals surface area contributed by atoms with Crippen LogP contribution >= 0.6 is 0 Å². The lowest BCUT2D eigenvalue weighted by Gasteiger charge is -2.12. The van der Waals surface area contributed by atoms with Gasteiger partial charge in [0.1, 0.15) is 11.5 Å². The lowest BCUT2D eigenvalue weighted by molar-refractivity contribution is -0.114. The first-order chi connectivity index (χ1) is 13.6. The molecule has 0 saturated carbocycles. The number of aryl methyl sites for hydroxylation is 2. The Morgan fingerprint density at radius 3 is 2.71 bits per heavy atom. The fourth-order valence-electron chi connectivity index (χ4n) is 3.53. The van der Waals surface area contributed by atoms with E-state index in [9.17, 15) is 4.79 Å². The van der Waals surface area contributed by atoms with Crippen molar-refractivity contribution >= 4 is 28.3 Å². The van der Waals surface area contributed by atoms with Gasteiger partial charge in [0.2, 0.25) is 5.91 Å². The first-order valence-corrected chi connectivity index (χ1v) is 9.56. The van der Waals surface area contributed by atoms with Crippen molar-refractivity contribution in [3.05, 3.63) is 54.2 Å². The number of hydrogen-bond donors (Lipinski definition) is 1. The number of carbonyl (C=O) groups excluding carboxylic acids is 1. The number of unbranched alkanes of at least 4 members (excludes halogenated alkanes) is 1. The third kappa shape index (κ3) is 3.33. The van der Waals surface area contributed by atoms with Crippen molar-refractivity contribution in [1.29, 1.82) is 0 Å². The van der Waals surface area contributed by atoms with Crippen molar-refractivity contribution in [1.82, 2.24) is 19.4 Å². The van der Waals surface area contributed by atoms with Crippen LogP contribution in [0.3, 0.4) is 0 Å². The molecule has 0 fully saturated rings. The summed E-state index contributed by atoms with van der Waals surface area (Å²) in [4.78, 5) is 25.0. The van der Waals surface area contributed by atoms with Crippen molar-refractivity contribution in [3.8, 4) is 11.1 Å². The van der Waals surface area contributed by atoms with Crippen LogP contribution in [0.1, 0.15) is 37.9 Å². The summed E-state index contributed by atoms with van der Waals surface area (Å²) in [5, 5.41) is 3.71. The smallest absolute Gasteiger partial charge is 0.222 e. The minimum Gasteiger partial charge on any atom is -0.311 e. The standard InChI is InChI=1S/C22H23N5O/c1-4-5-6-17-9-14(2)19(13-24-17)18-10-16-12-25-21(26-15(3)28)11-20(16)27-8-7-23-22(18)27/h7-13H,4-6H2,1-3H3,(H,25,26,28). The van der Waals surface area contributed by atoms with E-state index in [-0.39, 0.29) is 5.91 Å². The molecular formula is C22H23N5O. The number of fused-ring (bicyclic) bond motifs is 3. The van der Waals surface area contributed by atoms with Gasteiger partial charge in [-0.25, -0.2) is 9.97 Å². The van der Waals surface area contributed by atoms with Crippen LogP contribution < -0.4 is 5.32 Å². The maximum Gasteiger partial charge on any atom is 0.222 e. The molecule has 1 N–H and O–H groups in total. The summed E-state index contributed by atoms with van der Waals surface area (Å²) in [6.07, 6.45) is 10.8. The van der Waals surface area contributed by atoms with Crippen molar-refractivity contribution in [2.75, 3.05) is 5.32 Å². The van der Waals surface area contributed by atoms with Crippen LogP contribution in [0.15, 0.2) is 43.0 Å². The number of rotatable bonds is 5. The Balaban J connectivity index is 1.85. The van der Waals surface area contributed by atoms with Crippen LogP contribution in [-0.4, -0.2) is 25.3 Å². The molecule has 0 saturated heterocycles. The quantitative estimate of drug-likeness (QED) is 0.557. The molecule has 4 aromatic rings. The number of anilines is 1. The van der Waals surface area contributed by atoms with Gasteiger partial charge in [0, 0.05) is 60.0 Å². The topological polar surface area (TPSA) is 72.2 Å². The number of nitrogens with one attached hydrogen (secondary N) is 1. The van der Waals surface area contributed by atoms with Crippen LogP contribution in [0.2, 0.25) is 0 Å². The minimum atomic E-state index is -0.143. The molecule has 142 valence electrons. The average molecular weight is 373 g/mol. The largest absolute Gasteiger partial charge is 0.311 e. The lowest BCUT2D eigenvalue weighted by atomic mass is 10.0. The highest BCUT2D eigenvalue weighted by Gasteiger charge is 2.13. The van der Waals surface area contributed by atoms with Gasteiger partial charge < -0.3 is 5.32 Å². The van der Waals surface area contributed by atoms with Crippen LogP contribution in [0.5, 0.6) is 0 Å². The molecule has 4 heterocycles. The summed E-state index contributed by atoms with van der Waals surface area (Å²) in [7, 11) is 0. The van der Waals surface area contributed by atoms with Crippen molar-refractivity contribution in [3.63, 3.8) is 0 Å². The predicted octanol–water partition coefficient (Wildman–Crippen LogP) is 4.55. The number of amides is 1. The van der Waals surface area contributed by atoms with Gasteiger partial charge in [-0.3, -0.25) is 14.2 Å². The van der Waals surface area contributed by atoms with Gasteiger partial charge in [0.25, 0.3) is 0 Å². The number of nitrogens with zero attached hydrogens (tertiary/aromatic N) is 4. The van der Waals surface area contributed by atoms with Gasteiger partial charge in [-0.1, -0.05) is 13.3 Å². The third-order valence-corrected chi connectivity index (χ3v) is 4.90. The van der Waals surface area contributed by atoms with E-state index in [0.717, 1.165) is 52.6 Å². The Kier molecular flexibility index (Phi) is 4.77. The van der Waals surface area contributed by atoms with Crippen LogP contribution in [0.25, 0.3) is 27.7 Å². The van der Waals surface area contributed by atoms with E-state index in [0.29, 0.717) is 5.82 Å². The van der Waals surface area contributed by atoms with E-state index in [2.05, 4.69) is 46.2 Å². The monoisotopic (exact) mass is 373 g/mol. The molecule has 0 aliphatic heterocycles. The molecule has 1 amide bonds. The van der Waals surface area contributed by atoms with Gasteiger partial charge in [-0.15, -0.1) is 0 Å². The van der Waals surface area contributed by atoms with Crippen molar-refractivity contribution in [2.45, 2.75) is 40.0 Å². The summed E-state index contributed by atoms with van der Waals surface area (Å²) in [5.41, 5.74) is 6.22.